The maximum atomic E-state index is 6.97. The van der Waals surface area contributed by atoms with Crippen molar-refractivity contribution in [3.8, 4) is 22.6 Å². The summed E-state index contributed by atoms with van der Waals surface area (Å²) in [6.07, 6.45) is 0. The Bertz CT molecular complexity index is 3540. The van der Waals surface area contributed by atoms with E-state index in [9.17, 15) is 0 Å². The number of nitrogens with zero attached hydrogens (tertiary/aromatic N) is 2. The van der Waals surface area contributed by atoms with Gasteiger partial charge in [-0.05, 0) is 118 Å². The second-order valence-electron chi connectivity index (χ2n) is 17.3. The zero-order valence-electron chi connectivity index (χ0n) is 34.8. The molecule has 0 bridgehead atoms. The van der Waals surface area contributed by atoms with Crippen LogP contribution in [0.4, 0.5) is 34.1 Å². The van der Waals surface area contributed by atoms with E-state index in [1.807, 2.05) is 11.3 Å². The van der Waals surface area contributed by atoms with Crippen LogP contribution in [0.2, 0.25) is 19.6 Å². The van der Waals surface area contributed by atoms with E-state index in [2.05, 4.69) is 230 Å². The lowest BCUT2D eigenvalue weighted by atomic mass is 9.88. The Morgan fingerprint density at radius 2 is 0.952 bits per heavy atom. The van der Waals surface area contributed by atoms with Gasteiger partial charge in [0.2, 0.25) is 0 Å². The van der Waals surface area contributed by atoms with Gasteiger partial charge in [-0.15, -0.1) is 11.3 Å². The summed E-state index contributed by atoms with van der Waals surface area (Å²) in [5, 5.41) is 11.2. The summed E-state index contributed by atoms with van der Waals surface area (Å²) in [6, 6.07) is 73.3. The van der Waals surface area contributed by atoms with Crippen molar-refractivity contribution >= 4 is 111 Å². The van der Waals surface area contributed by atoms with Gasteiger partial charge in [-0.1, -0.05) is 128 Å². The Kier molecular flexibility index (Phi) is 8.39. The van der Waals surface area contributed by atoms with Crippen LogP contribution in [-0.4, -0.2) is 8.07 Å². The van der Waals surface area contributed by atoms with Crippen LogP contribution in [0.25, 0.3) is 63.6 Å². The molecule has 11 aromatic rings. The van der Waals surface area contributed by atoms with E-state index in [0.29, 0.717) is 0 Å². The standard InChI is InChI=1S/C57H42N2OSSi/c1-62(2,3)42-29-25-39(26-30-42)58(37-15-6-4-7-16-37)41-27-31-45-51-35-48-43-19-10-11-20-44(43)52(36-49(48)47-22-14-23-53(57(47)51)60-54(45)34-41)59(38-17-8-5-9-18-38)40-28-32-56-50(33-40)46-21-12-13-24-55(46)61-56/h4-36H,1-3H3. The highest BCUT2D eigenvalue weighted by Crippen LogP contribution is 2.53. The van der Waals surface area contributed by atoms with E-state index in [4.69, 9.17) is 4.74 Å². The van der Waals surface area contributed by atoms with Crippen LogP contribution in [0, 0.1) is 0 Å². The Labute approximate surface area is 366 Å². The molecular formula is C57H42N2OSSi. The summed E-state index contributed by atoms with van der Waals surface area (Å²) < 4.78 is 9.57. The van der Waals surface area contributed by atoms with Gasteiger partial charge in [-0.3, -0.25) is 0 Å². The van der Waals surface area contributed by atoms with Crippen LogP contribution in [0.1, 0.15) is 0 Å². The fraction of sp³-hybridized carbons (Fsp3) is 0.0526. The van der Waals surface area contributed by atoms with E-state index in [-0.39, 0.29) is 0 Å². The molecule has 1 aliphatic heterocycles. The molecule has 0 unspecified atom stereocenters. The molecule has 0 saturated heterocycles. The first-order chi connectivity index (χ1) is 30.4. The third-order valence-corrected chi connectivity index (χ3v) is 15.8. The summed E-state index contributed by atoms with van der Waals surface area (Å²) in [4.78, 5) is 4.77. The van der Waals surface area contributed by atoms with Gasteiger partial charge >= 0.3 is 0 Å². The molecular weight excluding hydrogens is 789 g/mol. The number of ether oxygens (including phenoxy) is 1. The minimum absolute atomic E-state index is 0.856. The number of thiophene rings is 1. The minimum atomic E-state index is -1.46. The van der Waals surface area contributed by atoms with Gasteiger partial charge in [-0.2, -0.15) is 0 Å². The molecule has 5 heteroatoms. The van der Waals surface area contributed by atoms with Gasteiger partial charge in [-0.25, -0.2) is 0 Å². The number of para-hydroxylation sites is 2. The molecule has 0 N–H and O–H groups in total. The summed E-state index contributed by atoms with van der Waals surface area (Å²) in [7, 11) is -1.46. The highest BCUT2D eigenvalue weighted by atomic mass is 32.1. The zero-order chi connectivity index (χ0) is 41.5. The second kappa shape index (κ2) is 14.2. The van der Waals surface area contributed by atoms with E-state index < -0.39 is 8.07 Å². The van der Waals surface area contributed by atoms with Crippen molar-refractivity contribution in [2.24, 2.45) is 0 Å². The number of anilines is 6. The van der Waals surface area contributed by atoms with Crippen LogP contribution in [0.15, 0.2) is 200 Å². The number of fused-ring (bicyclic) bond motifs is 9. The predicted molar refractivity (Wildman–Crippen MR) is 270 cm³/mol. The first-order valence-corrected chi connectivity index (χ1v) is 25.6. The van der Waals surface area contributed by atoms with Crippen molar-refractivity contribution in [3.63, 3.8) is 0 Å². The Hall–Kier alpha value is -7.18. The molecule has 0 aliphatic carbocycles. The molecule has 0 amide bonds. The van der Waals surface area contributed by atoms with Gasteiger partial charge in [0, 0.05) is 71.0 Å². The Balaban J connectivity index is 1.05. The molecule has 0 fully saturated rings. The number of benzene rings is 10. The molecule has 1 aromatic heterocycles. The summed E-state index contributed by atoms with van der Waals surface area (Å²) >= 11 is 1.85. The van der Waals surface area contributed by atoms with Gasteiger partial charge in [0.1, 0.15) is 11.5 Å². The van der Waals surface area contributed by atoms with Crippen molar-refractivity contribution < 1.29 is 4.74 Å². The molecule has 0 radical (unpaired) electrons. The maximum Gasteiger partial charge on any atom is 0.137 e. The van der Waals surface area contributed by atoms with E-state index in [1.165, 1.54) is 57.9 Å². The molecule has 10 aromatic carbocycles. The predicted octanol–water partition coefficient (Wildman–Crippen LogP) is 16.8. The first-order valence-electron chi connectivity index (χ1n) is 21.3. The van der Waals surface area contributed by atoms with Crippen molar-refractivity contribution in [1.29, 1.82) is 0 Å². The van der Waals surface area contributed by atoms with Crippen LogP contribution in [-0.2, 0) is 0 Å². The molecule has 0 saturated carbocycles. The first kappa shape index (κ1) is 36.7. The van der Waals surface area contributed by atoms with Crippen molar-refractivity contribution in [1.82, 2.24) is 0 Å². The molecule has 1 aliphatic rings. The van der Waals surface area contributed by atoms with Crippen LogP contribution in [0.3, 0.4) is 0 Å². The molecule has 0 atom stereocenters. The fourth-order valence-corrected chi connectivity index (χ4v) is 11.8. The van der Waals surface area contributed by atoms with Crippen LogP contribution in [0.5, 0.6) is 11.5 Å². The zero-order valence-corrected chi connectivity index (χ0v) is 36.6. The Morgan fingerprint density at radius 3 is 1.71 bits per heavy atom. The summed E-state index contributed by atoms with van der Waals surface area (Å²) in [6.45, 7) is 7.19. The smallest absolute Gasteiger partial charge is 0.137 e. The SMILES string of the molecule is C[Si](C)(C)c1ccc(N(c2ccccc2)c2ccc3c(c2)Oc2cccc4c2c-3cc2c3ccccc3c(N(c3ccccc3)c3ccc5sc6ccccc6c5c3)cc42)cc1. The second-order valence-corrected chi connectivity index (χ2v) is 23.5. The quantitative estimate of drug-likeness (QED) is 0.118. The molecule has 12 rings (SSSR count). The molecule has 3 nitrogen and oxygen atoms in total. The topological polar surface area (TPSA) is 15.7 Å². The highest BCUT2D eigenvalue weighted by molar-refractivity contribution is 7.25. The maximum absolute atomic E-state index is 6.97. The minimum Gasteiger partial charge on any atom is -0.456 e. The monoisotopic (exact) mass is 830 g/mol. The third kappa shape index (κ3) is 5.92. The van der Waals surface area contributed by atoms with E-state index >= 15 is 0 Å². The van der Waals surface area contributed by atoms with Gasteiger partial charge < -0.3 is 14.5 Å². The van der Waals surface area contributed by atoms with Crippen LogP contribution >= 0.6 is 11.3 Å². The van der Waals surface area contributed by atoms with Crippen LogP contribution < -0.4 is 19.7 Å². The van der Waals surface area contributed by atoms with Gasteiger partial charge in [0.15, 0.2) is 0 Å². The average Bonchev–Trinajstić information content (AvgIpc) is 3.68. The lowest BCUT2D eigenvalue weighted by Gasteiger charge is -2.29. The largest absolute Gasteiger partial charge is 0.456 e. The number of hydrogen-bond donors (Lipinski definition) is 0. The number of hydrogen-bond acceptors (Lipinski definition) is 4. The van der Waals surface area contributed by atoms with Crippen molar-refractivity contribution in [2.45, 2.75) is 19.6 Å². The lowest BCUT2D eigenvalue weighted by molar-refractivity contribution is 0.487. The van der Waals surface area contributed by atoms with E-state index in [1.54, 1.807) is 0 Å². The van der Waals surface area contributed by atoms with Crippen molar-refractivity contribution in [3.05, 3.63) is 200 Å². The lowest BCUT2D eigenvalue weighted by Crippen LogP contribution is -2.37. The number of rotatable bonds is 7. The molecule has 2 heterocycles. The van der Waals surface area contributed by atoms with Crippen molar-refractivity contribution in [2.75, 3.05) is 9.80 Å². The highest BCUT2D eigenvalue weighted by Gasteiger charge is 2.26. The normalized spacial score (nSPS) is 12.2. The molecule has 62 heavy (non-hydrogen) atoms. The Morgan fingerprint density at radius 1 is 0.371 bits per heavy atom. The van der Waals surface area contributed by atoms with Gasteiger partial charge in [0.05, 0.1) is 13.8 Å². The molecule has 296 valence electrons. The molecule has 0 spiro atoms. The summed E-state index contributed by atoms with van der Waals surface area (Å²) in [5.41, 5.74) is 8.94. The van der Waals surface area contributed by atoms with Gasteiger partial charge in [0.25, 0.3) is 0 Å². The summed E-state index contributed by atoms with van der Waals surface area (Å²) in [5.74, 6) is 1.73. The third-order valence-electron chi connectivity index (χ3n) is 12.6. The average molecular weight is 831 g/mol. The fourth-order valence-electron chi connectivity index (χ4n) is 9.56. The van der Waals surface area contributed by atoms with E-state index in [0.717, 1.165) is 56.6 Å².